The van der Waals surface area contributed by atoms with Crippen molar-refractivity contribution in [1.29, 1.82) is 0 Å². The van der Waals surface area contributed by atoms with E-state index in [1.165, 1.54) is 0 Å². The van der Waals surface area contributed by atoms with Gasteiger partial charge in [0.05, 0.1) is 25.3 Å². The summed E-state index contributed by atoms with van der Waals surface area (Å²) >= 11 is 0. The van der Waals surface area contributed by atoms with Crippen molar-refractivity contribution in [2.45, 2.75) is 37.8 Å². The van der Waals surface area contributed by atoms with Crippen LogP contribution in [-0.2, 0) is 9.53 Å². The molecule has 1 amide bonds. The molecule has 2 saturated heterocycles. The van der Waals surface area contributed by atoms with Crippen LogP contribution >= 0.6 is 0 Å². The third kappa shape index (κ3) is 1.17. The first-order valence-corrected chi connectivity index (χ1v) is 5.26. The summed E-state index contributed by atoms with van der Waals surface area (Å²) < 4.78 is 5.44. The van der Waals surface area contributed by atoms with Crippen LogP contribution in [0.4, 0.5) is 0 Å². The van der Waals surface area contributed by atoms with Gasteiger partial charge in [0.25, 0.3) is 0 Å². The first kappa shape index (κ1) is 7.80. The minimum atomic E-state index is 0.376. The zero-order chi connectivity index (χ0) is 8.84. The fourth-order valence-electron chi connectivity index (χ4n) is 2.53. The van der Waals surface area contributed by atoms with Crippen molar-refractivity contribution < 1.29 is 9.53 Å². The van der Waals surface area contributed by atoms with Gasteiger partial charge < -0.3 is 9.64 Å². The summed E-state index contributed by atoms with van der Waals surface area (Å²) in [5.74, 6) is 0.789. The molecule has 2 atom stereocenters. The van der Waals surface area contributed by atoms with Gasteiger partial charge in [-0.25, -0.2) is 0 Å². The average Bonchev–Trinajstić information content (AvgIpc) is 2.92. The van der Waals surface area contributed by atoms with Gasteiger partial charge in [-0.15, -0.1) is 0 Å². The summed E-state index contributed by atoms with van der Waals surface area (Å²) in [6.45, 7) is 1.55. The van der Waals surface area contributed by atoms with E-state index in [1.807, 2.05) is 0 Å². The maximum Gasteiger partial charge on any atom is 0.226 e. The molecule has 1 aliphatic carbocycles. The van der Waals surface area contributed by atoms with Crippen molar-refractivity contribution >= 4 is 5.91 Å². The van der Waals surface area contributed by atoms with E-state index in [2.05, 4.69) is 4.90 Å². The van der Waals surface area contributed by atoms with Crippen molar-refractivity contribution in [2.24, 2.45) is 5.92 Å². The number of hydrogen-bond donors (Lipinski definition) is 0. The minimum absolute atomic E-state index is 0.376. The van der Waals surface area contributed by atoms with E-state index in [1.54, 1.807) is 0 Å². The molecule has 2 bridgehead atoms. The second-order valence-corrected chi connectivity index (χ2v) is 4.44. The van der Waals surface area contributed by atoms with Crippen LogP contribution in [0.25, 0.3) is 0 Å². The number of carbonyl (C=O) groups excluding carboxylic acids is 1. The molecule has 0 aromatic carbocycles. The number of rotatable bonds is 1. The second kappa shape index (κ2) is 2.71. The molecule has 72 valence electrons. The summed E-state index contributed by atoms with van der Waals surface area (Å²) in [7, 11) is 0. The van der Waals surface area contributed by atoms with Gasteiger partial charge in [0.2, 0.25) is 5.91 Å². The van der Waals surface area contributed by atoms with Gasteiger partial charge in [-0.2, -0.15) is 0 Å². The van der Waals surface area contributed by atoms with E-state index >= 15 is 0 Å². The molecule has 3 aliphatic rings. The lowest BCUT2D eigenvalue weighted by atomic mass is 10.2. The maximum atomic E-state index is 11.9. The topological polar surface area (TPSA) is 29.5 Å². The summed E-state index contributed by atoms with van der Waals surface area (Å²) in [4.78, 5) is 14.0. The Morgan fingerprint density at radius 2 is 1.69 bits per heavy atom. The molecule has 3 rings (SSSR count). The Morgan fingerprint density at radius 1 is 1.08 bits per heavy atom. The van der Waals surface area contributed by atoms with E-state index < -0.39 is 0 Å². The molecular formula is C10H15NO2. The van der Waals surface area contributed by atoms with Crippen molar-refractivity contribution in [3.63, 3.8) is 0 Å². The third-order valence-electron chi connectivity index (χ3n) is 3.42. The van der Waals surface area contributed by atoms with Crippen LogP contribution in [-0.4, -0.2) is 36.1 Å². The first-order chi connectivity index (χ1) is 6.36. The van der Waals surface area contributed by atoms with E-state index in [9.17, 15) is 4.79 Å². The zero-order valence-electron chi connectivity index (χ0n) is 7.74. The van der Waals surface area contributed by atoms with Crippen LogP contribution in [0.15, 0.2) is 0 Å². The Bertz CT molecular complexity index is 221. The second-order valence-electron chi connectivity index (χ2n) is 4.44. The molecule has 1 saturated carbocycles. The van der Waals surface area contributed by atoms with Crippen LogP contribution in [0.5, 0.6) is 0 Å². The van der Waals surface area contributed by atoms with Crippen molar-refractivity contribution in [3.8, 4) is 0 Å². The van der Waals surface area contributed by atoms with Crippen LogP contribution in [0, 0.1) is 5.92 Å². The summed E-state index contributed by atoms with van der Waals surface area (Å²) in [6.07, 6.45) is 4.55. The molecule has 0 radical (unpaired) electrons. The highest BCUT2D eigenvalue weighted by Crippen LogP contribution is 2.37. The van der Waals surface area contributed by atoms with Crippen molar-refractivity contribution in [2.75, 3.05) is 13.2 Å². The Balaban J connectivity index is 1.78. The number of ether oxygens (including phenoxy) is 1. The van der Waals surface area contributed by atoms with Crippen LogP contribution in [0.1, 0.15) is 25.7 Å². The molecule has 0 aromatic heterocycles. The van der Waals surface area contributed by atoms with Crippen LogP contribution in [0.3, 0.4) is 0 Å². The zero-order valence-corrected chi connectivity index (χ0v) is 7.74. The third-order valence-corrected chi connectivity index (χ3v) is 3.42. The molecule has 0 N–H and O–H groups in total. The number of nitrogens with zero attached hydrogens (tertiary/aromatic N) is 1. The van der Waals surface area contributed by atoms with Gasteiger partial charge in [0.15, 0.2) is 0 Å². The molecule has 2 aliphatic heterocycles. The Morgan fingerprint density at radius 3 is 2.23 bits per heavy atom. The van der Waals surface area contributed by atoms with E-state index in [0.717, 1.165) is 38.9 Å². The fourth-order valence-corrected chi connectivity index (χ4v) is 2.53. The monoisotopic (exact) mass is 181 g/mol. The highest BCUT2D eigenvalue weighted by Gasteiger charge is 2.44. The quantitative estimate of drug-likeness (QED) is 0.598. The SMILES string of the molecule is O=C(C1CC1)N1C2CCC1COC2. The molecule has 0 aromatic rings. The number of morpholine rings is 1. The molecule has 13 heavy (non-hydrogen) atoms. The largest absolute Gasteiger partial charge is 0.377 e. The predicted molar refractivity (Wildman–Crippen MR) is 47.2 cm³/mol. The van der Waals surface area contributed by atoms with Gasteiger partial charge in [0, 0.05) is 5.92 Å². The molecule has 2 heterocycles. The lowest BCUT2D eigenvalue weighted by molar-refractivity contribution is -0.142. The van der Waals surface area contributed by atoms with Gasteiger partial charge in [-0.1, -0.05) is 0 Å². The lowest BCUT2D eigenvalue weighted by Crippen LogP contribution is -2.49. The van der Waals surface area contributed by atoms with Crippen LogP contribution in [0.2, 0.25) is 0 Å². The number of carbonyl (C=O) groups is 1. The Hall–Kier alpha value is -0.570. The summed E-state index contributed by atoms with van der Waals surface area (Å²) in [6, 6.07) is 0.818. The van der Waals surface area contributed by atoms with Crippen molar-refractivity contribution in [3.05, 3.63) is 0 Å². The number of hydrogen-bond acceptors (Lipinski definition) is 2. The van der Waals surface area contributed by atoms with Gasteiger partial charge in [-0.3, -0.25) is 4.79 Å². The number of amides is 1. The lowest BCUT2D eigenvalue weighted by Gasteiger charge is -2.34. The van der Waals surface area contributed by atoms with Gasteiger partial charge in [0.1, 0.15) is 0 Å². The standard InChI is InChI=1S/C10H15NO2/c12-10(7-1-2-7)11-8-3-4-9(11)6-13-5-8/h7-9H,1-6H2. The fraction of sp³-hybridized carbons (Fsp3) is 0.900. The summed E-state index contributed by atoms with van der Waals surface area (Å²) in [5.41, 5.74) is 0. The maximum absolute atomic E-state index is 11.9. The first-order valence-electron chi connectivity index (χ1n) is 5.26. The van der Waals surface area contributed by atoms with E-state index in [-0.39, 0.29) is 0 Å². The number of fused-ring (bicyclic) bond motifs is 2. The minimum Gasteiger partial charge on any atom is -0.377 e. The predicted octanol–water partition coefficient (Wildman–Crippen LogP) is 0.786. The van der Waals surface area contributed by atoms with Crippen LogP contribution < -0.4 is 0 Å². The van der Waals surface area contributed by atoms with Crippen molar-refractivity contribution in [1.82, 2.24) is 4.90 Å². The average molecular weight is 181 g/mol. The van der Waals surface area contributed by atoms with Gasteiger partial charge in [-0.05, 0) is 25.7 Å². The molecule has 3 heteroatoms. The normalized spacial score (nSPS) is 38.0. The highest BCUT2D eigenvalue weighted by atomic mass is 16.5. The van der Waals surface area contributed by atoms with Gasteiger partial charge >= 0.3 is 0 Å². The highest BCUT2D eigenvalue weighted by molar-refractivity contribution is 5.82. The molecular weight excluding hydrogens is 166 g/mol. The summed E-state index contributed by atoms with van der Waals surface area (Å²) in [5, 5.41) is 0. The van der Waals surface area contributed by atoms with E-state index in [4.69, 9.17) is 4.74 Å². The molecule has 2 unspecified atom stereocenters. The Labute approximate surface area is 78.0 Å². The molecule has 3 fully saturated rings. The smallest absolute Gasteiger partial charge is 0.226 e. The Kier molecular flexibility index (Phi) is 1.62. The molecule has 3 nitrogen and oxygen atoms in total. The molecule has 0 spiro atoms. The van der Waals surface area contributed by atoms with E-state index in [0.29, 0.717) is 23.9 Å².